The maximum absolute atomic E-state index is 13.8. The topological polar surface area (TPSA) is 96.0 Å². The van der Waals surface area contributed by atoms with E-state index in [1.807, 2.05) is 24.3 Å². The van der Waals surface area contributed by atoms with Gasteiger partial charge in [0, 0.05) is 40.7 Å². The van der Waals surface area contributed by atoms with E-state index in [0.29, 0.717) is 28.6 Å². The summed E-state index contributed by atoms with van der Waals surface area (Å²) in [4.78, 5) is 33.5. The third-order valence-electron chi connectivity index (χ3n) is 5.52. The van der Waals surface area contributed by atoms with E-state index in [1.165, 1.54) is 0 Å². The van der Waals surface area contributed by atoms with Gasteiger partial charge < -0.3 is 16.0 Å². The van der Waals surface area contributed by atoms with Crippen molar-refractivity contribution in [2.45, 2.75) is 13.0 Å². The van der Waals surface area contributed by atoms with Crippen molar-refractivity contribution >= 4 is 29.1 Å². The number of aromatic nitrogens is 2. The molecule has 4 aromatic rings. The van der Waals surface area contributed by atoms with Crippen LogP contribution in [0.25, 0.3) is 11.3 Å². The van der Waals surface area contributed by atoms with Crippen molar-refractivity contribution in [3.8, 4) is 11.3 Å². The molecular formula is C26H19F2N5O2. The molecule has 0 radical (unpaired) electrons. The summed E-state index contributed by atoms with van der Waals surface area (Å²) in [5, 5.41) is 8.56. The van der Waals surface area contributed by atoms with Crippen LogP contribution in [0, 0.1) is 11.6 Å². The number of carbonyl (C=O) groups excluding carboxylic acids is 2. The molecule has 2 amide bonds. The zero-order chi connectivity index (χ0) is 24.4. The highest BCUT2D eigenvalue weighted by atomic mass is 19.1. The van der Waals surface area contributed by atoms with Crippen molar-refractivity contribution in [1.29, 1.82) is 0 Å². The van der Waals surface area contributed by atoms with Crippen LogP contribution >= 0.6 is 0 Å². The largest absolute Gasteiger partial charge is 0.348 e. The lowest BCUT2D eigenvalue weighted by Crippen LogP contribution is -2.23. The summed E-state index contributed by atoms with van der Waals surface area (Å²) in [6.07, 6.45) is 1.80. The van der Waals surface area contributed by atoms with Gasteiger partial charge in [0.05, 0.1) is 17.8 Å². The highest BCUT2D eigenvalue weighted by Gasteiger charge is 2.20. The standard InChI is InChI=1S/C26H19F2N5O2/c27-18-7-10-21(28)16(11-18)13-29-25(35)15-5-8-19(9-6-15)31-26-30-14-17-12-23(34)32-22-4-2-1-3-20(22)24(17)33-26/h1-11,14H,12-13H2,(H,29,35)(H,32,34)(H,30,31,33). The van der Waals surface area contributed by atoms with Crippen LogP contribution in [0.4, 0.5) is 26.1 Å². The number of hydrogen-bond acceptors (Lipinski definition) is 5. The smallest absolute Gasteiger partial charge is 0.251 e. The Bertz CT molecular complexity index is 1440. The first-order valence-corrected chi connectivity index (χ1v) is 10.8. The number of amides is 2. The highest BCUT2D eigenvalue weighted by Crippen LogP contribution is 2.32. The molecule has 0 unspecified atom stereocenters. The second kappa shape index (κ2) is 9.30. The summed E-state index contributed by atoms with van der Waals surface area (Å²) in [6.45, 7) is -0.135. The Morgan fingerprint density at radius 1 is 1.03 bits per heavy atom. The zero-order valence-corrected chi connectivity index (χ0v) is 18.3. The van der Waals surface area contributed by atoms with E-state index < -0.39 is 17.5 Å². The van der Waals surface area contributed by atoms with Crippen molar-refractivity contribution in [3.63, 3.8) is 0 Å². The molecule has 174 valence electrons. The molecule has 0 atom stereocenters. The van der Waals surface area contributed by atoms with E-state index >= 15 is 0 Å². The lowest BCUT2D eigenvalue weighted by atomic mass is 10.1. The molecule has 1 aromatic heterocycles. The number of halogens is 2. The van der Waals surface area contributed by atoms with Crippen LogP contribution in [0.15, 0.2) is 72.9 Å². The summed E-state index contributed by atoms with van der Waals surface area (Å²) in [5.74, 6) is -1.37. The van der Waals surface area contributed by atoms with Gasteiger partial charge in [0.1, 0.15) is 11.6 Å². The summed E-state index contributed by atoms with van der Waals surface area (Å²) < 4.78 is 27.1. The summed E-state index contributed by atoms with van der Waals surface area (Å²) in [5.41, 5.74) is 3.95. The molecule has 3 aromatic carbocycles. The van der Waals surface area contributed by atoms with Crippen molar-refractivity contribution in [1.82, 2.24) is 15.3 Å². The molecule has 0 fully saturated rings. The quantitative estimate of drug-likeness (QED) is 0.396. The SMILES string of the molecule is O=C1Cc2cnc(Nc3ccc(C(=O)NCc4cc(F)ccc4F)cc3)nc2-c2ccccc2N1. The lowest BCUT2D eigenvalue weighted by molar-refractivity contribution is -0.115. The molecule has 7 nitrogen and oxygen atoms in total. The van der Waals surface area contributed by atoms with Gasteiger partial charge in [0.2, 0.25) is 11.9 Å². The third-order valence-corrected chi connectivity index (χ3v) is 5.52. The van der Waals surface area contributed by atoms with Crippen molar-refractivity contribution in [2.24, 2.45) is 0 Å². The van der Waals surface area contributed by atoms with Gasteiger partial charge >= 0.3 is 0 Å². The van der Waals surface area contributed by atoms with Crippen LogP contribution in [-0.4, -0.2) is 21.8 Å². The van der Waals surface area contributed by atoms with Crippen LogP contribution in [0.5, 0.6) is 0 Å². The molecule has 35 heavy (non-hydrogen) atoms. The number of nitrogens with one attached hydrogen (secondary N) is 3. The van der Waals surface area contributed by atoms with Crippen molar-refractivity contribution in [3.05, 3.63) is 101 Å². The van der Waals surface area contributed by atoms with Crippen LogP contribution in [0.1, 0.15) is 21.5 Å². The Labute approximate surface area is 199 Å². The summed E-state index contributed by atoms with van der Waals surface area (Å²) in [7, 11) is 0. The van der Waals surface area contributed by atoms with E-state index in [2.05, 4.69) is 25.9 Å². The van der Waals surface area contributed by atoms with E-state index in [-0.39, 0.29) is 24.4 Å². The maximum Gasteiger partial charge on any atom is 0.251 e. The Balaban J connectivity index is 1.30. The molecule has 1 aliphatic heterocycles. The molecule has 3 N–H and O–H groups in total. The number of nitrogens with zero attached hydrogens (tertiary/aromatic N) is 2. The van der Waals surface area contributed by atoms with E-state index in [1.54, 1.807) is 30.5 Å². The molecule has 0 saturated carbocycles. The molecule has 2 heterocycles. The molecule has 0 spiro atoms. The zero-order valence-electron chi connectivity index (χ0n) is 18.3. The highest BCUT2D eigenvalue weighted by molar-refractivity contribution is 6.00. The minimum Gasteiger partial charge on any atom is -0.348 e. The Morgan fingerprint density at radius 3 is 2.66 bits per heavy atom. The van der Waals surface area contributed by atoms with Gasteiger partial charge in [-0.05, 0) is 48.5 Å². The normalized spacial score (nSPS) is 12.1. The van der Waals surface area contributed by atoms with Gasteiger partial charge in [-0.1, -0.05) is 18.2 Å². The van der Waals surface area contributed by atoms with E-state index in [9.17, 15) is 18.4 Å². The number of hydrogen-bond donors (Lipinski definition) is 3. The van der Waals surface area contributed by atoms with Gasteiger partial charge in [-0.2, -0.15) is 0 Å². The van der Waals surface area contributed by atoms with Gasteiger partial charge in [-0.25, -0.2) is 18.7 Å². The Kier molecular flexibility index (Phi) is 5.88. The maximum atomic E-state index is 13.8. The molecule has 0 bridgehead atoms. The molecule has 9 heteroatoms. The van der Waals surface area contributed by atoms with Gasteiger partial charge in [-0.3, -0.25) is 9.59 Å². The van der Waals surface area contributed by atoms with Crippen molar-refractivity contribution in [2.75, 3.05) is 10.6 Å². The first-order valence-electron chi connectivity index (χ1n) is 10.8. The minimum absolute atomic E-state index is 0.0652. The second-order valence-electron chi connectivity index (χ2n) is 7.96. The van der Waals surface area contributed by atoms with Crippen LogP contribution in [0.2, 0.25) is 0 Å². The van der Waals surface area contributed by atoms with Crippen LogP contribution in [-0.2, 0) is 17.8 Å². The monoisotopic (exact) mass is 471 g/mol. The lowest BCUT2D eigenvalue weighted by Gasteiger charge is -2.11. The fourth-order valence-electron chi connectivity index (χ4n) is 3.79. The van der Waals surface area contributed by atoms with Gasteiger partial charge in [0.15, 0.2) is 0 Å². The summed E-state index contributed by atoms with van der Waals surface area (Å²) >= 11 is 0. The van der Waals surface area contributed by atoms with E-state index in [4.69, 9.17) is 0 Å². The first kappa shape index (κ1) is 22.1. The minimum atomic E-state index is -0.588. The Hall–Kier alpha value is -4.66. The van der Waals surface area contributed by atoms with E-state index in [0.717, 1.165) is 29.3 Å². The Morgan fingerprint density at radius 2 is 1.83 bits per heavy atom. The fraction of sp³-hybridized carbons (Fsp3) is 0.0769. The molecular weight excluding hydrogens is 452 g/mol. The number of fused-ring (bicyclic) bond motifs is 3. The molecule has 1 aliphatic rings. The number of para-hydroxylation sites is 1. The number of anilines is 3. The van der Waals surface area contributed by atoms with Gasteiger partial charge in [-0.15, -0.1) is 0 Å². The molecule has 0 saturated heterocycles. The third kappa shape index (κ3) is 4.84. The van der Waals surface area contributed by atoms with Crippen molar-refractivity contribution < 1.29 is 18.4 Å². The van der Waals surface area contributed by atoms with Crippen LogP contribution in [0.3, 0.4) is 0 Å². The number of rotatable bonds is 5. The first-order chi connectivity index (χ1) is 17.0. The number of carbonyl (C=O) groups is 2. The fourth-order valence-corrected chi connectivity index (χ4v) is 3.79. The predicted molar refractivity (Wildman–Crippen MR) is 127 cm³/mol. The predicted octanol–water partition coefficient (Wildman–Crippen LogP) is 4.59. The average Bonchev–Trinajstić information content (AvgIpc) is 3.00. The summed E-state index contributed by atoms with van der Waals surface area (Å²) in [6, 6.07) is 17.1. The second-order valence-corrected chi connectivity index (χ2v) is 7.96. The molecule has 5 rings (SSSR count). The van der Waals surface area contributed by atoms with Gasteiger partial charge in [0.25, 0.3) is 5.91 Å². The van der Waals surface area contributed by atoms with Crippen LogP contribution < -0.4 is 16.0 Å². The average molecular weight is 471 g/mol. The molecule has 0 aliphatic carbocycles. The number of benzene rings is 3.